The van der Waals surface area contributed by atoms with Gasteiger partial charge < -0.3 is 20.1 Å². The molecule has 1 aromatic carbocycles. The molecule has 6 nitrogen and oxygen atoms in total. The smallest absolute Gasteiger partial charge is 0.227 e. The fraction of sp³-hybridized carbons (Fsp3) is 0.529. The molecule has 1 atom stereocenters. The Labute approximate surface area is 136 Å². The summed E-state index contributed by atoms with van der Waals surface area (Å²) in [6.07, 6.45) is 1.26. The lowest BCUT2D eigenvalue weighted by Crippen LogP contribution is -2.44. The summed E-state index contributed by atoms with van der Waals surface area (Å²) in [5.74, 6) is -0.278. The highest BCUT2D eigenvalue weighted by atomic mass is 16.5. The van der Waals surface area contributed by atoms with Gasteiger partial charge in [0, 0.05) is 26.1 Å². The largest absolute Gasteiger partial charge is 0.506 e. The van der Waals surface area contributed by atoms with Crippen molar-refractivity contribution in [3.05, 3.63) is 24.3 Å². The van der Waals surface area contributed by atoms with E-state index in [4.69, 9.17) is 4.74 Å². The lowest BCUT2D eigenvalue weighted by Gasteiger charge is -2.33. The van der Waals surface area contributed by atoms with Crippen LogP contribution in [0.2, 0.25) is 0 Å². The van der Waals surface area contributed by atoms with Gasteiger partial charge in [0.15, 0.2) is 0 Å². The average Bonchev–Trinajstić information content (AvgIpc) is 2.56. The molecule has 126 valence electrons. The number of carbonyl (C=O) groups excluding carboxylic acids is 2. The maximum Gasteiger partial charge on any atom is 0.227 e. The molecule has 1 heterocycles. The first-order chi connectivity index (χ1) is 11.0. The molecule has 1 aromatic rings. The molecule has 0 bridgehead atoms. The minimum absolute atomic E-state index is 0.0573. The zero-order valence-corrected chi connectivity index (χ0v) is 13.6. The van der Waals surface area contributed by atoms with Crippen LogP contribution in [0.25, 0.3) is 0 Å². The molecule has 1 fully saturated rings. The SMILES string of the molecule is COCC(C)C(=O)N1CCC(C(=O)Nc2ccccc2O)CC1. The zero-order valence-electron chi connectivity index (χ0n) is 13.6. The van der Waals surface area contributed by atoms with Gasteiger partial charge in [-0.2, -0.15) is 0 Å². The molecule has 23 heavy (non-hydrogen) atoms. The number of aromatic hydroxyl groups is 1. The molecule has 2 amide bonds. The van der Waals surface area contributed by atoms with E-state index in [-0.39, 0.29) is 29.4 Å². The monoisotopic (exact) mass is 320 g/mol. The maximum absolute atomic E-state index is 12.3. The first-order valence-electron chi connectivity index (χ1n) is 7.89. The van der Waals surface area contributed by atoms with Gasteiger partial charge in [-0.3, -0.25) is 9.59 Å². The van der Waals surface area contributed by atoms with Crippen molar-refractivity contribution in [1.82, 2.24) is 4.90 Å². The molecule has 0 spiro atoms. The summed E-state index contributed by atoms with van der Waals surface area (Å²) in [6.45, 7) is 3.41. The van der Waals surface area contributed by atoms with E-state index in [0.717, 1.165) is 0 Å². The Kier molecular flexibility index (Phi) is 5.98. The van der Waals surface area contributed by atoms with E-state index in [1.165, 1.54) is 6.07 Å². The maximum atomic E-state index is 12.3. The number of phenols is 1. The van der Waals surface area contributed by atoms with Gasteiger partial charge in [-0.15, -0.1) is 0 Å². The van der Waals surface area contributed by atoms with Crippen LogP contribution in [0.15, 0.2) is 24.3 Å². The van der Waals surface area contributed by atoms with Crippen molar-refractivity contribution in [2.75, 3.05) is 32.1 Å². The quantitative estimate of drug-likeness (QED) is 0.812. The van der Waals surface area contributed by atoms with Gasteiger partial charge >= 0.3 is 0 Å². The minimum atomic E-state index is -0.161. The second-order valence-corrected chi connectivity index (χ2v) is 5.96. The Bertz CT molecular complexity index is 553. The summed E-state index contributed by atoms with van der Waals surface area (Å²) in [5, 5.41) is 12.5. The van der Waals surface area contributed by atoms with E-state index in [0.29, 0.717) is 38.2 Å². The molecule has 1 aliphatic heterocycles. The third-order valence-corrected chi connectivity index (χ3v) is 4.18. The van der Waals surface area contributed by atoms with Crippen molar-refractivity contribution >= 4 is 17.5 Å². The predicted molar refractivity (Wildman–Crippen MR) is 87.1 cm³/mol. The first-order valence-corrected chi connectivity index (χ1v) is 7.89. The standard InChI is InChI=1S/C17H24N2O4/c1-12(11-23-2)17(22)19-9-7-13(8-10-19)16(21)18-14-5-3-4-6-15(14)20/h3-6,12-13,20H,7-11H2,1-2H3,(H,18,21). The van der Waals surface area contributed by atoms with E-state index >= 15 is 0 Å². The van der Waals surface area contributed by atoms with E-state index in [9.17, 15) is 14.7 Å². The van der Waals surface area contributed by atoms with Crippen molar-refractivity contribution in [3.63, 3.8) is 0 Å². The number of hydrogen-bond acceptors (Lipinski definition) is 4. The topological polar surface area (TPSA) is 78.9 Å². The van der Waals surface area contributed by atoms with Crippen LogP contribution in [0.1, 0.15) is 19.8 Å². The number of rotatable bonds is 5. The van der Waals surface area contributed by atoms with Crippen LogP contribution in [0.5, 0.6) is 5.75 Å². The van der Waals surface area contributed by atoms with Crippen LogP contribution < -0.4 is 5.32 Å². The summed E-state index contributed by atoms with van der Waals surface area (Å²) in [7, 11) is 1.58. The van der Waals surface area contributed by atoms with E-state index in [1.807, 2.05) is 6.92 Å². The summed E-state index contributed by atoms with van der Waals surface area (Å²) < 4.78 is 5.02. The molecular formula is C17H24N2O4. The molecule has 0 aromatic heterocycles. The van der Waals surface area contributed by atoms with Crippen LogP contribution >= 0.6 is 0 Å². The van der Waals surface area contributed by atoms with Gasteiger partial charge in [0.1, 0.15) is 5.75 Å². The number of carbonyl (C=O) groups is 2. The van der Waals surface area contributed by atoms with Gasteiger partial charge in [0.05, 0.1) is 18.2 Å². The van der Waals surface area contributed by atoms with Crippen molar-refractivity contribution in [2.45, 2.75) is 19.8 Å². The summed E-state index contributed by atoms with van der Waals surface area (Å²) in [6, 6.07) is 6.66. The van der Waals surface area contributed by atoms with Crippen molar-refractivity contribution in [2.24, 2.45) is 11.8 Å². The Morgan fingerprint density at radius 2 is 2.00 bits per heavy atom. The third kappa shape index (κ3) is 4.45. The number of ether oxygens (including phenoxy) is 1. The molecule has 1 saturated heterocycles. The molecule has 2 rings (SSSR count). The van der Waals surface area contributed by atoms with Gasteiger partial charge in [-0.25, -0.2) is 0 Å². The van der Waals surface area contributed by atoms with Crippen molar-refractivity contribution < 1.29 is 19.4 Å². The van der Waals surface area contributed by atoms with Crippen LogP contribution in [0.3, 0.4) is 0 Å². The highest BCUT2D eigenvalue weighted by molar-refractivity contribution is 5.94. The molecule has 1 aliphatic rings. The Balaban J connectivity index is 1.85. The predicted octanol–water partition coefficient (Wildman–Crippen LogP) is 1.85. The third-order valence-electron chi connectivity index (χ3n) is 4.18. The molecular weight excluding hydrogens is 296 g/mol. The van der Waals surface area contributed by atoms with Crippen molar-refractivity contribution in [1.29, 1.82) is 0 Å². The Hall–Kier alpha value is -2.08. The number of anilines is 1. The molecule has 6 heteroatoms. The number of phenolic OH excluding ortho intramolecular Hbond substituents is 1. The van der Waals surface area contributed by atoms with E-state index in [1.54, 1.807) is 30.2 Å². The number of hydrogen-bond donors (Lipinski definition) is 2. The lowest BCUT2D eigenvalue weighted by atomic mass is 9.95. The lowest BCUT2D eigenvalue weighted by molar-refractivity contribution is -0.139. The number of benzene rings is 1. The summed E-state index contributed by atoms with van der Waals surface area (Å²) in [5.41, 5.74) is 0.421. The second kappa shape index (κ2) is 7.97. The second-order valence-electron chi connectivity index (χ2n) is 5.96. The fourth-order valence-electron chi connectivity index (χ4n) is 2.81. The van der Waals surface area contributed by atoms with Crippen molar-refractivity contribution in [3.8, 4) is 5.75 Å². The number of piperidine rings is 1. The molecule has 0 saturated carbocycles. The van der Waals surface area contributed by atoms with Crippen LogP contribution in [0, 0.1) is 11.8 Å². The minimum Gasteiger partial charge on any atom is -0.506 e. The molecule has 0 aliphatic carbocycles. The molecule has 1 unspecified atom stereocenters. The highest BCUT2D eigenvalue weighted by Crippen LogP contribution is 2.25. The number of para-hydroxylation sites is 2. The summed E-state index contributed by atoms with van der Waals surface area (Å²) in [4.78, 5) is 26.3. The highest BCUT2D eigenvalue weighted by Gasteiger charge is 2.29. The van der Waals surface area contributed by atoms with Crippen LogP contribution in [-0.4, -0.2) is 48.6 Å². The molecule has 0 radical (unpaired) electrons. The number of methoxy groups -OCH3 is 1. The van der Waals surface area contributed by atoms with E-state index < -0.39 is 0 Å². The van der Waals surface area contributed by atoms with Gasteiger partial charge in [0.2, 0.25) is 11.8 Å². The Morgan fingerprint density at radius 3 is 2.61 bits per heavy atom. The van der Waals surface area contributed by atoms with Gasteiger partial charge in [-0.1, -0.05) is 19.1 Å². The van der Waals surface area contributed by atoms with Gasteiger partial charge in [-0.05, 0) is 25.0 Å². The van der Waals surface area contributed by atoms with Crippen LogP contribution in [-0.2, 0) is 14.3 Å². The zero-order chi connectivity index (χ0) is 16.8. The number of nitrogens with one attached hydrogen (secondary N) is 1. The Morgan fingerprint density at radius 1 is 1.35 bits per heavy atom. The number of nitrogens with zero attached hydrogens (tertiary/aromatic N) is 1. The van der Waals surface area contributed by atoms with Crippen LogP contribution in [0.4, 0.5) is 5.69 Å². The normalized spacial score (nSPS) is 16.9. The van der Waals surface area contributed by atoms with E-state index in [2.05, 4.69) is 5.32 Å². The van der Waals surface area contributed by atoms with Gasteiger partial charge in [0.25, 0.3) is 0 Å². The summed E-state index contributed by atoms with van der Waals surface area (Å²) >= 11 is 0. The average molecular weight is 320 g/mol. The number of likely N-dealkylation sites (tertiary alicyclic amines) is 1. The first kappa shape index (κ1) is 17.3. The molecule has 2 N–H and O–H groups in total. The number of amides is 2. The fourth-order valence-corrected chi connectivity index (χ4v) is 2.81.